The number of nitrogens with one attached hydrogen (secondary N) is 1. The Kier molecular flexibility index (Phi) is 1.24. The van der Waals surface area contributed by atoms with Gasteiger partial charge in [-0.15, -0.1) is 0 Å². The van der Waals surface area contributed by atoms with Crippen LogP contribution in [0.4, 0.5) is 0 Å². The largest absolute Gasteiger partial charge is 0.396 e. The summed E-state index contributed by atoms with van der Waals surface area (Å²) in [6.45, 7) is 2.69. The van der Waals surface area contributed by atoms with Crippen LogP contribution < -0.4 is 5.32 Å². The van der Waals surface area contributed by atoms with E-state index in [9.17, 15) is 0 Å². The first-order valence-corrected chi connectivity index (χ1v) is 3.73. The number of aliphatic hydroxyl groups is 1. The summed E-state index contributed by atoms with van der Waals surface area (Å²) in [6, 6.07) is 0. The van der Waals surface area contributed by atoms with Crippen LogP contribution in [0.15, 0.2) is 0 Å². The van der Waals surface area contributed by atoms with Crippen molar-refractivity contribution in [2.45, 2.75) is 6.42 Å². The molecule has 9 heavy (non-hydrogen) atoms. The molecule has 3 fully saturated rings. The van der Waals surface area contributed by atoms with Crippen LogP contribution in [-0.4, -0.2) is 24.8 Å². The molecule has 2 nitrogen and oxygen atoms in total. The van der Waals surface area contributed by atoms with E-state index in [4.69, 9.17) is 5.11 Å². The van der Waals surface area contributed by atoms with Crippen molar-refractivity contribution in [2.75, 3.05) is 19.7 Å². The van der Waals surface area contributed by atoms with Crippen LogP contribution >= 0.6 is 0 Å². The highest BCUT2D eigenvalue weighted by atomic mass is 16.3. The normalized spacial score (nSPS) is 48.3. The lowest BCUT2D eigenvalue weighted by molar-refractivity contribution is -0.00974. The summed E-state index contributed by atoms with van der Waals surface area (Å²) in [6.07, 6.45) is 1.36. The van der Waals surface area contributed by atoms with Crippen LogP contribution in [0.2, 0.25) is 0 Å². The molecular formula is C7H13NO. The molecule has 0 aromatic carbocycles. The van der Waals surface area contributed by atoms with E-state index in [0.29, 0.717) is 12.5 Å². The Morgan fingerprint density at radius 1 is 1.33 bits per heavy atom. The molecule has 2 heteroatoms. The van der Waals surface area contributed by atoms with Crippen molar-refractivity contribution in [1.29, 1.82) is 0 Å². The summed E-state index contributed by atoms with van der Waals surface area (Å²) in [5.74, 6) is 2.24. The Labute approximate surface area is 55.3 Å². The summed E-state index contributed by atoms with van der Waals surface area (Å²) in [5.41, 5.74) is 0. The molecule has 2 heterocycles. The van der Waals surface area contributed by atoms with Crippen LogP contribution in [0.3, 0.4) is 0 Å². The highest BCUT2D eigenvalue weighted by Gasteiger charge is 2.42. The van der Waals surface area contributed by atoms with Crippen LogP contribution in [0.1, 0.15) is 6.42 Å². The van der Waals surface area contributed by atoms with Gasteiger partial charge in [-0.25, -0.2) is 0 Å². The number of rotatable bonds is 1. The monoisotopic (exact) mass is 127 g/mol. The highest BCUT2D eigenvalue weighted by molar-refractivity contribution is 4.94. The van der Waals surface area contributed by atoms with Gasteiger partial charge in [-0.1, -0.05) is 0 Å². The number of piperidine rings is 2. The van der Waals surface area contributed by atoms with Gasteiger partial charge >= 0.3 is 0 Å². The molecule has 0 radical (unpaired) electrons. The van der Waals surface area contributed by atoms with Crippen molar-refractivity contribution in [3.05, 3.63) is 0 Å². The Hall–Kier alpha value is -0.0800. The van der Waals surface area contributed by atoms with Gasteiger partial charge in [-0.05, 0) is 37.3 Å². The predicted molar refractivity (Wildman–Crippen MR) is 35.0 cm³/mol. The minimum absolute atomic E-state index is 0.414. The molecule has 2 saturated heterocycles. The van der Waals surface area contributed by atoms with Crippen molar-refractivity contribution in [2.24, 2.45) is 17.8 Å². The van der Waals surface area contributed by atoms with Crippen LogP contribution in [0.5, 0.6) is 0 Å². The molecular weight excluding hydrogens is 114 g/mol. The molecule has 2 bridgehead atoms. The molecule has 0 aromatic rings. The smallest absolute Gasteiger partial charge is 0.0465 e. The average molecular weight is 127 g/mol. The predicted octanol–water partition coefficient (Wildman–Crippen LogP) is -0.166. The van der Waals surface area contributed by atoms with Crippen molar-refractivity contribution < 1.29 is 5.11 Å². The zero-order valence-corrected chi connectivity index (χ0v) is 5.51. The number of aliphatic hydroxyl groups excluding tert-OH is 1. The van der Waals surface area contributed by atoms with Gasteiger partial charge in [-0.2, -0.15) is 0 Å². The van der Waals surface area contributed by atoms with E-state index in [0.717, 1.165) is 24.9 Å². The Bertz CT molecular complexity index is 101. The molecule has 0 amide bonds. The van der Waals surface area contributed by atoms with Crippen molar-refractivity contribution >= 4 is 0 Å². The first kappa shape index (κ1) is 5.69. The summed E-state index contributed by atoms with van der Waals surface area (Å²) < 4.78 is 0. The Morgan fingerprint density at radius 2 is 2.00 bits per heavy atom. The summed E-state index contributed by atoms with van der Waals surface area (Å²) in [5, 5.41) is 12.2. The zero-order valence-electron chi connectivity index (χ0n) is 5.51. The fraction of sp³-hybridized carbons (Fsp3) is 1.00. The minimum atomic E-state index is 0.414. The molecule has 1 saturated carbocycles. The maximum atomic E-state index is 8.86. The third-order valence-electron chi connectivity index (χ3n) is 2.84. The molecule has 3 rings (SSSR count). The van der Waals surface area contributed by atoms with E-state index in [-0.39, 0.29) is 0 Å². The van der Waals surface area contributed by atoms with Gasteiger partial charge in [0.05, 0.1) is 0 Å². The van der Waals surface area contributed by atoms with E-state index in [1.165, 1.54) is 6.42 Å². The maximum Gasteiger partial charge on any atom is 0.0465 e. The molecule has 2 aliphatic heterocycles. The lowest BCUT2D eigenvalue weighted by atomic mass is 9.63. The van der Waals surface area contributed by atoms with E-state index in [1.807, 2.05) is 0 Å². The quantitative estimate of drug-likeness (QED) is 0.513. The van der Waals surface area contributed by atoms with Crippen molar-refractivity contribution in [3.63, 3.8) is 0 Å². The molecule has 2 atom stereocenters. The maximum absolute atomic E-state index is 8.86. The molecule has 3 aliphatic rings. The van der Waals surface area contributed by atoms with Crippen LogP contribution in [0, 0.1) is 17.8 Å². The third-order valence-corrected chi connectivity index (χ3v) is 2.84. The lowest BCUT2D eigenvalue weighted by Crippen LogP contribution is -2.54. The van der Waals surface area contributed by atoms with Gasteiger partial charge in [0.15, 0.2) is 0 Å². The van der Waals surface area contributed by atoms with E-state index in [2.05, 4.69) is 5.32 Å². The average Bonchev–Trinajstić information content (AvgIpc) is 1.90. The Morgan fingerprint density at radius 3 is 2.33 bits per heavy atom. The van der Waals surface area contributed by atoms with Gasteiger partial charge in [0.25, 0.3) is 0 Å². The second kappa shape index (κ2) is 1.96. The van der Waals surface area contributed by atoms with Gasteiger partial charge < -0.3 is 10.4 Å². The van der Waals surface area contributed by atoms with E-state index < -0.39 is 0 Å². The number of fused-ring (bicyclic) bond motifs is 2. The molecule has 1 aliphatic carbocycles. The Balaban J connectivity index is 1.97. The summed E-state index contributed by atoms with van der Waals surface area (Å²) >= 11 is 0. The van der Waals surface area contributed by atoms with Crippen LogP contribution in [-0.2, 0) is 0 Å². The summed E-state index contributed by atoms with van der Waals surface area (Å²) in [7, 11) is 0. The first-order chi connectivity index (χ1) is 4.42. The highest BCUT2D eigenvalue weighted by Crippen LogP contribution is 2.41. The topological polar surface area (TPSA) is 32.3 Å². The summed E-state index contributed by atoms with van der Waals surface area (Å²) in [4.78, 5) is 0. The standard InChI is InChI=1S/C7H13NO/c9-4-7-5-1-6(7)3-8-2-5/h5-9H,1-4H2/t5-,6-/m0/s1. The minimum Gasteiger partial charge on any atom is -0.396 e. The van der Waals surface area contributed by atoms with Gasteiger partial charge in [0, 0.05) is 6.61 Å². The molecule has 2 N–H and O–H groups in total. The number of hydrogen-bond donors (Lipinski definition) is 2. The fourth-order valence-electron chi connectivity index (χ4n) is 2.15. The van der Waals surface area contributed by atoms with E-state index >= 15 is 0 Å². The molecule has 52 valence electrons. The molecule has 0 unspecified atom stereocenters. The SMILES string of the molecule is OCC1[C@@H]2CNC[C@@H]1C2. The lowest BCUT2D eigenvalue weighted by Gasteiger charge is -2.49. The zero-order chi connectivity index (χ0) is 6.27. The van der Waals surface area contributed by atoms with Gasteiger partial charge in [0.1, 0.15) is 0 Å². The van der Waals surface area contributed by atoms with Gasteiger partial charge in [-0.3, -0.25) is 0 Å². The number of hydrogen-bond acceptors (Lipinski definition) is 2. The van der Waals surface area contributed by atoms with Crippen LogP contribution in [0.25, 0.3) is 0 Å². The second-order valence-electron chi connectivity index (χ2n) is 3.26. The third kappa shape index (κ3) is 0.700. The molecule has 0 spiro atoms. The van der Waals surface area contributed by atoms with Crippen molar-refractivity contribution in [3.8, 4) is 0 Å². The van der Waals surface area contributed by atoms with Gasteiger partial charge in [0.2, 0.25) is 0 Å². The van der Waals surface area contributed by atoms with Crippen molar-refractivity contribution in [1.82, 2.24) is 5.32 Å². The second-order valence-corrected chi connectivity index (χ2v) is 3.26. The molecule has 0 aromatic heterocycles. The van der Waals surface area contributed by atoms with E-state index in [1.54, 1.807) is 0 Å². The fourth-order valence-corrected chi connectivity index (χ4v) is 2.15. The first-order valence-electron chi connectivity index (χ1n) is 3.73.